The highest BCUT2D eigenvalue weighted by Crippen LogP contribution is 2.32. The van der Waals surface area contributed by atoms with Crippen molar-refractivity contribution in [3.63, 3.8) is 0 Å². The summed E-state index contributed by atoms with van der Waals surface area (Å²) in [5.41, 5.74) is 3.13. The first-order chi connectivity index (χ1) is 16.2. The molecule has 3 aliphatic rings. The molecule has 1 amide bonds. The van der Waals surface area contributed by atoms with E-state index in [-0.39, 0.29) is 12.7 Å². The second-order valence-corrected chi connectivity index (χ2v) is 9.25. The summed E-state index contributed by atoms with van der Waals surface area (Å²) in [5.74, 6) is 2.53. The van der Waals surface area contributed by atoms with E-state index in [9.17, 15) is 4.79 Å². The number of morpholine rings is 1. The predicted molar refractivity (Wildman–Crippen MR) is 126 cm³/mol. The monoisotopic (exact) mass is 451 g/mol. The van der Waals surface area contributed by atoms with E-state index in [4.69, 9.17) is 19.4 Å². The van der Waals surface area contributed by atoms with Gasteiger partial charge >= 0.3 is 6.09 Å². The number of carbonyl (C=O) groups is 1. The van der Waals surface area contributed by atoms with Gasteiger partial charge in [-0.25, -0.2) is 9.78 Å². The number of anilines is 2. The fraction of sp³-hybridized carbons (Fsp3) is 0.560. The number of piperidine rings is 1. The third-order valence-corrected chi connectivity index (χ3v) is 6.87. The van der Waals surface area contributed by atoms with Crippen LogP contribution >= 0.6 is 0 Å². The Morgan fingerprint density at radius 1 is 1.03 bits per heavy atom. The number of benzene rings is 1. The molecule has 0 radical (unpaired) electrons. The van der Waals surface area contributed by atoms with Gasteiger partial charge in [0, 0.05) is 44.7 Å². The maximum Gasteiger partial charge on any atom is 0.410 e. The SMILES string of the molecule is CC1CCN(c2nc(N3CCOCC3)nc3c2CN(C(=O)OCc2ccccc2)CC3)CC1. The Morgan fingerprint density at radius 2 is 1.79 bits per heavy atom. The number of hydrogen-bond donors (Lipinski definition) is 0. The number of nitrogens with zero attached hydrogens (tertiary/aromatic N) is 5. The van der Waals surface area contributed by atoms with Crippen LogP contribution in [0.2, 0.25) is 0 Å². The minimum absolute atomic E-state index is 0.278. The highest BCUT2D eigenvalue weighted by molar-refractivity contribution is 5.69. The van der Waals surface area contributed by atoms with Gasteiger partial charge < -0.3 is 24.2 Å². The second-order valence-electron chi connectivity index (χ2n) is 9.25. The van der Waals surface area contributed by atoms with Crippen molar-refractivity contribution in [2.24, 2.45) is 5.92 Å². The van der Waals surface area contributed by atoms with Crippen LogP contribution in [0.1, 0.15) is 36.6 Å². The topological polar surface area (TPSA) is 71.0 Å². The summed E-state index contributed by atoms with van der Waals surface area (Å²) in [6.45, 7) is 8.72. The maximum atomic E-state index is 12.9. The molecule has 33 heavy (non-hydrogen) atoms. The second kappa shape index (κ2) is 9.95. The Labute approximate surface area is 195 Å². The summed E-state index contributed by atoms with van der Waals surface area (Å²) in [4.78, 5) is 29.3. The number of fused-ring (bicyclic) bond motifs is 1. The molecule has 0 atom stereocenters. The van der Waals surface area contributed by atoms with Crippen LogP contribution in [0, 0.1) is 5.92 Å². The van der Waals surface area contributed by atoms with Crippen molar-refractivity contribution < 1.29 is 14.3 Å². The maximum absolute atomic E-state index is 12.9. The highest BCUT2D eigenvalue weighted by Gasteiger charge is 2.30. The molecule has 0 unspecified atom stereocenters. The van der Waals surface area contributed by atoms with Crippen LogP contribution < -0.4 is 9.80 Å². The minimum Gasteiger partial charge on any atom is -0.445 e. The van der Waals surface area contributed by atoms with Gasteiger partial charge in [0.1, 0.15) is 12.4 Å². The summed E-state index contributed by atoms with van der Waals surface area (Å²) < 4.78 is 11.1. The third kappa shape index (κ3) is 5.05. The summed E-state index contributed by atoms with van der Waals surface area (Å²) in [6.07, 6.45) is 2.76. The van der Waals surface area contributed by atoms with Gasteiger partial charge in [0.05, 0.1) is 25.5 Å². The molecular weight excluding hydrogens is 418 g/mol. The van der Waals surface area contributed by atoms with E-state index in [1.165, 1.54) is 0 Å². The molecule has 1 aromatic heterocycles. The van der Waals surface area contributed by atoms with Crippen LogP contribution in [-0.4, -0.2) is 66.9 Å². The van der Waals surface area contributed by atoms with Crippen molar-refractivity contribution in [2.45, 2.75) is 39.3 Å². The molecule has 8 heteroatoms. The molecule has 0 bridgehead atoms. The molecule has 0 N–H and O–H groups in total. The Morgan fingerprint density at radius 3 is 2.55 bits per heavy atom. The first-order valence-corrected chi connectivity index (χ1v) is 12.1. The predicted octanol–water partition coefficient (Wildman–Crippen LogP) is 3.24. The number of hydrogen-bond acceptors (Lipinski definition) is 7. The quantitative estimate of drug-likeness (QED) is 0.707. The number of ether oxygens (including phenoxy) is 2. The Balaban J connectivity index is 1.36. The van der Waals surface area contributed by atoms with Gasteiger partial charge in [-0.1, -0.05) is 37.3 Å². The van der Waals surface area contributed by atoms with Crippen LogP contribution in [0.15, 0.2) is 30.3 Å². The van der Waals surface area contributed by atoms with Crippen molar-refractivity contribution in [1.29, 1.82) is 0 Å². The molecule has 0 saturated carbocycles. The lowest BCUT2D eigenvalue weighted by Crippen LogP contribution is -2.42. The van der Waals surface area contributed by atoms with Gasteiger partial charge in [0.2, 0.25) is 5.95 Å². The zero-order chi connectivity index (χ0) is 22.6. The van der Waals surface area contributed by atoms with Crippen LogP contribution in [-0.2, 0) is 29.0 Å². The zero-order valence-corrected chi connectivity index (χ0v) is 19.4. The summed E-state index contributed by atoms with van der Waals surface area (Å²) in [7, 11) is 0. The zero-order valence-electron chi connectivity index (χ0n) is 19.4. The van der Waals surface area contributed by atoms with Crippen molar-refractivity contribution >= 4 is 17.9 Å². The first-order valence-electron chi connectivity index (χ1n) is 12.1. The van der Waals surface area contributed by atoms with Crippen LogP contribution in [0.25, 0.3) is 0 Å². The number of amides is 1. The summed E-state index contributed by atoms with van der Waals surface area (Å²) in [5, 5.41) is 0. The molecular formula is C25H33N5O3. The van der Waals surface area contributed by atoms with Gasteiger partial charge in [-0.15, -0.1) is 0 Å². The average molecular weight is 452 g/mol. The molecule has 176 valence electrons. The van der Waals surface area contributed by atoms with E-state index >= 15 is 0 Å². The largest absolute Gasteiger partial charge is 0.445 e. The van der Waals surface area contributed by atoms with E-state index < -0.39 is 0 Å². The fourth-order valence-corrected chi connectivity index (χ4v) is 4.74. The van der Waals surface area contributed by atoms with Gasteiger partial charge in [0.15, 0.2) is 0 Å². The van der Waals surface area contributed by atoms with Gasteiger partial charge in [-0.05, 0) is 24.3 Å². The normalized spacial score (nSPS) is 19.4. The fourth-order valence-electron chi connectivity index (χ4n) is 4.74. The van der Waals surface area contributed by atoms with Crippen LogP contribution in [0.3, 0.4) is 0 Å². The van der Waals surface area contributed by atoms with E-state index in [1.54, 1.807) is 4.90 Å². The molecule has 1 aromatic carbocycles. The van der Waals surface area contributed by atoms with Gasteiger partial charge in [0.25, 0.3) is 0 Å². The lowest BCUT2D eigenvalue weighted by molar-refractivity contribution is 0.0915. The highest BCUT2D eigenvalue weighted by atomic mass is 16.6. The lowest BCUT2D eigenvalue weighted by Gasteiger charge is -2.37. The smallest absolute Gasteiger partial charge is 0.410 e. The number of rotatable bonds is 4. The molecule has 2 saturated heterocycles. The lowest BCUT2D eigenvalue weighted by atomic mass is 9.98. The molecule has 8 nitrogen and oxygen atoms in total. The van der Waals surface area contributed by atoms with Crippen molar-refractivity contribution in [1.82, 2.24) is 14.9 Å². The summed E-state index contributed by atoms with van der Waals surface area (Å²) >= 11 is 0. The summed E-state index contributed by atoms with van der Waals surface area (Å²) in [6, 6.07) is 9.80. The van der Waals surface area contributed by atoms with Crippen LogP contribution in [0.5, 0.6) is 0 Å². The Bertz CT molecular complexity index is 956. The van der Waals surface area contributed by atoms with Crippen molar-refractivity contribution in [3.8, 4) is 0 Å². The molecule has 3 aliphatic heterocycles. The van der Waals surface area contributed by atoms with E-state index in [1.807, 2.05) is 30.3 Å². The standard InChI is InChI=1S/C25H33N5O3/c1-19-7-10-28(11-8-19)23-21-17-30(25(31)33-18-20-5-3-2-4-6-20)12-9-22(21)26-24(27-23)29-13-15-32-16-14-29/h2-6,19H,7-18H2,1H3. The molecule has 0 spiro atoms. The molecule has 2 fully saturated rings. The number of aromatic nitrogens is 2. The molecule has 5 rings (SSSR count). The van der Waals surface area contributed by atoms with Gasteiger partial charge in [-0.2, -0.15) is 4.98 Å². The van der Waals surface area contributed by atoms with Crippen molar-refractivity contribution in [3.05, 3.63) is 47.2 Å². The molecule has 2 aromatic rings. The molecule has 0 aliphatic carbocycles. The van der Waals surface area contributed by atoms with E-state index in [0.717, 1.165) is 73.5 Å². The van der Waals surface area contributed by atoms with Crippen LogP contribution in [0.4, 0.5) is 16.6 Å². The Kier molecular flexibility index (Phi) is 6.62. The Hall–Kier alpha value is -2.87. The first kappa shape index (κ1) is 21.9. The average Bonchev–Trinajstić information content (AvgIpc) is 2.88. The number of carbonyl (C=O) groups excluding carboxylic acids is 1. The molecule has 4 heterocycles. The minimum atomic E-state index is -0.278. The van der Waals surface area contributed by atoms with E-state index in [0.29, 0.717) is 32.7 Å². The van der Waals surface area contributed by atoms with Gasteiger partial charge in [-0.3, -0.25) is 0 Å². The van der Waals surface area contributed by atoms with Crippen molar-refractivity contribution in [2.75, 3.05) is 55.7 Å². The van der Waals surface area contributed by atoms with E-state index in [2.05, 4.69) is 16.7 Å². The third-order valence-electron chi connectivity index (χ3n) is 6.87.